The number of hydrogen-bond donors (Lipinski definition) is 1. The molecule has 1 aromatic rings. The molecule has 2 unspecified atom stereocenters. The fourth-order valence-electron chi connectivity index (χ4n) is 3.31. The van der Waals surface area contributed by atoms with Crippen LogP contribution in [0.1, 0.15) is 24.5 Å². The largest absolute Gasteiger partial charge is 0.493 e. The Morgan fingerprint density at radius 1 is 1.35 bits per heavy atom. The van der Waals surface area contributed by atoms with Crippen molar-refractivity contribution in [2.24, 2.45) is 5.92 Å². The first-order valence-corrected chi connectivity index (χ1v) is 8.32. The van der Waals surface area contributed by atoms with Crippen LogP contribution in [0, 0.1) is 5.92 Å². The molecule has 0 radical (unpaired) electrons. The number of halogens is 1. The number of ether oxygens (including phenoxy) is 2. The van der Waals surface area contributed by atoms with E-state index in [2.05, 4.69) is 40.3 Å². The zero-order valence-electron chi connectivity index (χ0n) is 12.0. The Morgan fingerprint density at radius 3 is 3.10 bits per heavy atom. The third-order valence-corrected chi connectivity index (χ3v) is 4.71. The van der Waals surface area contributed by atoms with Crippen LogP contribution >= 0.6 is 15.9 Å². The topological polar surface area (TPSA) is 30.5 Å². The lowest BCUT2D eigenvalue weighted by atomic mass is 9.88. The summed E-state index contributed by atoms with van der Waals surface area (Å²) in [6.45, 7) is 5.73. The molecule has 1 N–H and O–H groups in total. The zero-order valence-corrected chi connectivity index (χ0v) is 13.5. The molecule has 20 heavy (non-hydrogen) atoms. The first-order chi connectivity index (χ1) is 9.78. The van der Waals surface area contributed by atoms with Crippen molar-refractivity contribution in [3.8, 4) is 5.75 Å². The van der Waals surface area contributed by atoms with E-state index in [1.165, 1.54) is 11.1 Å². The first kappa shape index (κ1) is 14.4. The molecular formula is C16H22BrNO2. The number of fused-ring (bicyclic) bond motifs is 1. The molecule has 0 spiro atoms. The van der Waals surface area contributed by atoms with Gasteiger partial charge in [-0.2, -0.15) is 0 Å². The molecule has 110 valence electrons. The second kappa shape index (κ2) is 6.46. The summed E-state index contributed by atoms with van der Waals surface area (Å²) < 4.78 is 12.7. The molecule has 0 amide bonds. The molecule has 0 bridgehead atoms. The lowest BCUT2D eigenvalue weighted by molar-refractivity contribution is 0.0325. The van der Waals surface area contributed by atoms with Crippen LogP contribution in [0.3, 0.4) is 0 Å². The van der Waals surface area contributed by atoms with Crippen molar-refractivity contribution >= 4 is 15.9 Å². The van der Waals surface area contributed by atoms with Gasteiger partial charge in [0.05, 0.1) is 13.2 Å². The third kappa shape index (κ3) is 3.02. The maximum absolute atomic E-state index is 5.84. The quantitative estimate of drug-likeness (QED) is 0.914. The molecule has 2 aliphatic heterocycles. The molecule has 1 saturated heterocycles. The van der Waals surface area contributed by atoms with Crippen LogP contribution in [0.5, 0.6) is 5.75 Å². The van der Waals surface area contributed by atoms with Gasteiger partial charge in [0, 0.05) is 29.5 Å². The van der Waals surface area contributed by atoms with Gasteiger partial charge in [0.25, 0.3) is 0 Å². The van der Waals surface area contributed by atoms with Crippen molar-refractivity contribution < 1.29 is 9.47 Å². The maximum atomic E-state index is 5.84. The van der Waals surface area contributed by atoms with Gasteiger partial charge >= 0.3 is 0 Å². The van der Waals surface area contributed by atoms with E-state index in [0.29, 0.717) is 12.0 Å². The average molecular weight is 340 g/mol. The summed E-state index contributed by atoms with van der Waals surface area (Å²) in [6, 6.07) is 4.96. The molecule has 2 atom stereocenters. The summed E-state index contributed by atoms with van der Waals surface area (Å²) in [5.41, 5.74) is 2.66. The average Bonchev–Trinajstić information content (AvgIpc) is 2.89. The Labute approximate surface area is 129 Å². The third-order valence-electron chi connectivity index (χ3n) is 4.25. The maximum Gasteiger partial charge on any atom is 0.125 e. The van der Waals surface area contributed by atoms with Gasteiger partial charge in [-0.3, -0.25) is 0 Å². The predicted molar refractivity (Wildman–Crippen MR) is 83.4 cm³/mol. The second-order valence-corrected chi connectivity index (χ2v) is 6.56. The highest BCUT2D eigenvalue weighted by atomic mass is 79.9. The van der Waals surface area contributed by atoms with Crippen LogP contribution in [-0.2, 0) is 17.6 Å². The fourth-order valence-corrected chi connectivity index (χ4v) is 3.86. The first-order valence-electron chi connectivity index (χ1n) is 7.53. The van der Waals surface area contributed by atoms with E-state index in [4.69, 9.17) is 9.47 Å². The summed E-state index contributed by atoms with van der Waals surface area (Å²) in [7, 11) is 0. The van der Waals surface area contributed by atoms with E-state index in [-0.39, 0.29) is 0 Å². The van der Waals surface area contributed by atoms with Crippen LogP contribution in [0.2, 0.25) is 0 Å². The van der Waals surface area contributed by atoms with Gasteiger partial charge in [-0.25, -0.2) is 0 Å². The molecule has 0 aromatic heterocycles. The zero-order chi connectivity index (χ0) is 13.9. The molecule has 2 heterocycles. The van der Waals surface area contributed by atoms with Crippen molar-refractivity contribution in [1.82, 2.24) is 5.32 Å². The van der Waals surface area contributed by atoms with Crippen molar-refractivity contribution in [1.29, 1.82) is 0 Å². The summed E-state index contributed by atoms with van der Waals surface area (Å²) in [6.07, 6.45) is 3.16. The smallest absolute Gasteiger partial charge is 0.125 e. The van der Waals surface area contributed by atoms with E-state index in [1.54, 1.807) is 0 Å². The molecule has 2 aliphatic rings. The Bertz CT molecular complexity index is 476. The Balaban J connectivity index is 1.79. The minimum Gasteiger partial charge on any atom is -0.493 e. The Morgan fingerprint density at radius 2 is 2.25 bits per heavy atom. The SMILES string of the molecule is CCNC1CCOCC1Cc1cc(Br)cc2c1OCC2. The van der Waals surface area contributed by atoms with Gasteiger partial charge < -0.3 is 14.8 Å². The minimum absolute atomic E-state index is 0.534. The Kier molecular flexibility index (Phi) is 4.64. The highest BCUT2D eigenvalue weighted by Crippen LogP contribution is 2.35. The van der Waals surface area contributed by atoms with Gasteiger partial charge in [-0.05, 0) is 42.6 Å². The number of rotatable bonds is 4. The minimum atomic E-state index is 0.534. The highest BCUT2D eigenvalue weighted by molar-refractivity contribution is 9.10. The van der Waals surface area contributed by atoms with Gasteiger partial charge in [-0.15, -0.1) is 0 Å². The van der Waals surface area contributed by atoms with Crippen LogP contribution in [0.25, 0.3) is 0 Å². The molecule has 1 fully saturated rings. The summed E-state index contributed by atoms with van der Waals surface area (Å²) in [5.74, 6) is 1.65. The van der Waals surface area contributed by atoms with Crippen LogP contribution < -0.4 is 10.1 Å². The normalized spacial score (nSPS) is 25.3. The molecule has 3 rings (SSSR count). The number of nitrogens with one attached hydrogen (secondary N) is 1. The van der Waals surface area contributed by atoms with Gasteiger partial charge in [-0.1, -0.05) is 22.9 Å². The number of benzene rings is 1. The van der Waals surface area contributed by atoms with Gasteiger partial charge in [0.2, 0.25) is 0 Å². The predicted octanol–water partition coefficient (Wildman–Crippen LogP) is 2.94. The van der Waals surface area contributed by atoms with Crippen molar-refractivity contribution in [2.45, 2.75) is 32.2 Å². The second-order valence-electron chi connectivity index (χ2n) is 5.64. The van der Waals surface area contributed by atoms with E-state index in [0.717, 1.165) is 55.9 Å². The highest BCUT2D eigenvalue weighted by Gasteiger charge is 2.27. The van der Waals surface area contributed by atoms with Crippen molar-refractivity contribution in [3.63, 3.8) is 0 Å². The number of hydrogen-bond acceptors (Lipinski definition) is 3. The molecule has 4 heteroatoms. The molecular weight excluding hydrogens is 318 g/mol. The van der Waals surface area contributed by atoms with Crippen LogP contribution in [0.4, 0.5) is 0 Å². The van der Waals surface area contributed by atoms with E-state index < -0.39 is 0 Å². The standard InChI is InChI=1S/C16H22BrNO2/c1-2-18-15-4-5-19-10-13(15)7-12-9-14(17)8-11-3-6-20-16(11)12/h8-9,13,15,18H,2-7,10H2,1H3. The molecule has 3 nitrogen and oxygen atoms in total. The van der Waals surface area contributed by atoms with Crippen molar-refractivity contribution in [3.05, 3.63) is 27.7 Å². The summed E-state index contributed by atoms with van der Waals surface area (Å²) in [5, 5.41) is 3.60. The Hall–Kier alpha value is -0.580. The monoisotopic (exact) mass is 339 g/mol. The lowest BCUT2D eigenvalue weighted by Crippen LogP contribution is -2.43. The molecule has 1 aromatic carbocycles. The van der Waals surface area contributed by atoms with E-state index >= 15 is 0 Å². The van der Waals surface area contributed by atoms with Gasteiger partial charge in [0.1, 0.15) is 5.75 Å². The lowest BCUT2D eigenvalue weighted by Gasteiger charge is -2.32. The van der Waals surface area contributed by atoms with Gasteiger partial charge in [0.15, 0.2) is 0 Å². The fraction of sp³-hybridized carbons (Fsp3) is 0.625. The van der Waals surface area contributed by atoms with E-state index in [1.807, 2.05) is 0 Å². The summed E-state index contributed by atoms with van der Waals surface area (Å²) >= 11 is 3.62. The molecule has 0 aliphatic carbocycles. The molecule has 0 saturated carbocycles. The van der Waals surface area contributed by atoms with Crippen LogP contribution in [0.15, 0.2) is 16.6 Å². The van der Waals surface area contributed by atoms with Crippen molar-refractivity contribution in [2.75, 3.05) is 26.4 Å². The van der Waals surface area contributed by atoms with E-state index in [9.17, 15) is 0 Å². The van der Waals surface area contributed by atoms with Crippen LogP contribution in [-0.4, -0.2) is 32.4 Å². The summed E-state index contributed by atoms with van der Waals surface area (Å²) in [4.78, 5) is 0.